The summed E-state index contributed by atoms with van der Waals surface area (Å²) < 4.78 is 28.2. The number of sulfonamides is 1. The van der Waals surface area contributed by atoms with Crippen LogP contribution in [0, 0.1) is 0 Å². The first-order chi connectivity index (χ1) is 14.3. The van der Waals surface area contributed by atoms with E-state index in [1.807, 2.05) is 25.1 Å². The predicted octanol–water partition coefficient (Wildman–Crippen LogP) is 4.41. The van der Waals surface area contributed by atoms with Crippen LogP contribution in [0.1, 0.15) is 30.4 Å². The van der Waals surface area contributed by atoms with Crippen molar-refractivity contribution in [1.82, 2.24) is 4.31 Å². The van der Waals surface area contributed by atoms with Gasteiger partial charge in [0.25, 0.3) is 0 Å². The molecule has 0 aromatic heterocycles. The Hall–Kier alpha value is -1.35. The van der Waals surface area contributed by atoms with Crippen LogP contribution in [-0.2, 0) is 21.3 Å². The first-order valence-corrected chi connectivity index (χ1v) is 12.1. The standard InChI is InChI=1S/C21H24Cl2N2O4S/c1-14-12-24(8-9-25(14)17-5-7-20(22)21(23)10-17)30(27,28)18-6-4-15-2-3-16(13-29-26)19(15)11-18/h4-7,10-11,14,16,26H,2-3,8-9,12-13H2,1H3/t14-,16?/m0/s1. The molecule has 1 N–H and O–H groups in total. The second kappa shape index (κ2) is 8.65. The minimum absolute atomic E-state index is 0.0178. The zero-order valence-corrected chi connectivity index (χ0v) is 18.9. The maximum Gasteiger partial charge on any atom is 0.243 e. The molecule has 30 heavy (non-hydrogen) atoms. The van der Waals surface area contributed by atoms with Gasteiger partial charge in [0.05, 0.1) is 21.5 Å². The summed E-state index contributed by atoms with van der Waals surface area (Å²) in [7, 11) is -3.62. The molecule has 2 aliphatic rings. The molecular formula is C21H24Cl2N2O4S. The quantitative estimate of drug-likeness (QED) is 0.517. The van der Waals surface area contributed by atoms with Gasteiger partial charge in [-0.1, -0.05) is 29.3 Å². The van der Waals surface area contributed by atoms with E-state index in [1.165, 1.54) is 0 Å². The van der Waals surface area contributed by atoms with Crippen molar-refractivity contribution in [3.8, 4) is 0 Å². The second-order valence-electron chi connectivity index (χ2n) is 7.90. The van der Waals surface area contributed by atoms with Crippen LogP contribution in [-0.4, -0.2) is 50.3 Å². The first-order valence-electron chi connectivity index (χ1n) is 9.92. The SMILES string of the molecule is C[C@H]1CN(S(=O)(=O)c2ccc3c(c2)C(COO)CC3)CCN1c1ccc(Cl)c(Cl)c1. The van der Waals surface area contributed by atoms with Crippen molar-refractivity contribution in [2.45, 2.75) is 36.6 Å². The number of halogens is 2. The summed E-state index contributed by atoms with van der Waals surface area (Å²) in [5.41, 5.74) is 3.00. The van der Waals surface area contributed by atoms with Gasteiger partial charge in [0.1, 0.15) is 0 Å². The molecule has 4 rings (SSSR count). The average molecular weight is 471 g/mol. The minimum atomic E-state index is -3.62. The van der Waals surface area contributed by atoms with Crippen LogP contribution in [0.3, 0.4) is 0 Å². The first kappa shape index (κ1) is 21.9. The highest BCUT2D eigenvalue weighted by atomic mass is 35.5. The summed E-state index contributed by atoms with van der Waals surface area (Å²) in [6, 6.07) is 10.8. The summed E-state index contributed by atoms with van der Waals surface area (Å²) in [6.45, 7) is 3.50. The number of hydrogen-bond donors (Lipinski definition) is 1. The molecule has 6 nitrogen and oxygen atoms in total. The summed E-state index contributed by atoms with van der Waals surface area (Å²) >= 11 is 12.2. The molecule has 0 spiro atoms. The third-order valence-electron chi connectivity index (χ3n) is 6.06. The summed E-state index contributed by atoms with van der Waals surface area (Å²) in [5, 5.41) is 9.80. The van der Waals surface area contributed by atoms with E-state index in [9.17, 15) is 8.42 Å². The molecule has 2 aromatic carbocycles. The fourth-order valence-electron chi connectivity index (χ4n) is 4.43. The van der Waals surface area contributed by atoms with Crippen molar-refractivity contribution in [2.24, 2.45) is 0 Å². The lowest BCUT2D eigenvalue weighted by molar-refractivity contribution is -0.245. The van der Waals surface area contributed by atoms with E-state index in [0.29, 0.717) is 34.6 Å². The maximum absolute atomic E-state index is 13.3. The van der Waals surface area contributed by atoms with Gasteiger partial charge >= 0.3 is 0 Å². The fraction of sp³-hybridized carbons (Fsp3) is 0.429. The molecule has 2 atom stereocenters. The van der Waals surface area contributed by atoms with Gasteiger partial charge in [0.15, 0.2) is 0 Å². The molecule has 0 bridgehead atoms. The number of fused-ring (bicyclic) bond motifs is 1. The number of rotatable bonds is 5. The van der Waals surface area contributed by atoms with Gasteiger partial charge < -0.3 is 4.90 Å². The van der Waals surface area contributed by atoms with E-state index in [1.54, 1.807) is 22.5 Å². The normalized spacial score (nSPS) is 22.3. The Morgan fingerprint density at radius 1 is 1.13 bits per heavy atom. The second-order valence-corrected chi connectivity index (χ2v) is 10.6. The lowest BCUT2D eigenvalue weighted by Crippen LogP contribution is -2.53. The summed E-state index contributed by atoms with van der Waals surface area (Å²) in [6.07, 6.45) is 1.71. The van der Waals surface area contributed by atoms with Crippen LogP contribution < -0.4 is 4.90 Å². The average Bonchev–Trinajstić information content (AvgIpc) is 3.12. The molecule has 0 saturated carbocycles. The van der Waals surface area contributed by atoms with Crippen LogP contribution in [0.4, 0.5) is 5.69 Å². The number of hydrogen-bond acceptors (Lipinski definition) is 5. The topological polar surface area (TPSA) is 70.1 Å². The lowest BCUT2D eigenvalue weighted by Gasteiger charge is -2.40. The monoisotopic (exact) mass is 470 g/mol. The Bertz CT molecular complexity index is 1050. The molecule has 1 heterocycles. The smallest absolute Gasteiger partial charge is 0.243 e. The van der Waals surface area contributed by atoms with E-state index < -0.39 is 10.0 Å². The van der Waals surface area contributed by atoms with E-state index in [2.05, 4.69) is 9.79 Å². The molecule has 0 amide bonds. The van der Waals surface area contributed by atoms with Crippen molar-refractivity contribution in [1.29, 1.82) is 0 Å². The number of nitrogens with zero attached hydrogens (tertiary/aromatic N) is 2. The third-order valence-corrected chi connectivity index (χ3v) is 8.66. The maximum atomic E-state index is 13.3. The Morgan fingerprint density at radius 2 is 1.93 bits per heavy atom. The molecule has 0 radical (unpaired) electrons. The Balaban J connectivity index is 1.54. The van der Waals surface area contributed by atoms with E-state index in [0.717, 1.165) is 29.7 Å². The van der Waals surface area contributed by atoms with Crippen LogP contribution in [0.5, 0.6) is 0 Å². The predicted molar refractivity (Wildman–Crippen MR) is 118 cm³/mol. The third kappa shape index (κ3) is 4.07. The highest BCUT2D eigenvalue weighted by molar-refractivity contribution is 7.89. The number of anilines is 1. The van der Waals surface area contributed by atoms with Crippen molar-refractivity contribution < 1.29 is 18.6 Å². The van der Waals surface area contributed by atoms with Gasteiger partial charge in [-0.15, -0.1) is 0 Å². The molecule has 1 aliphatic carbocycles. The lowest BCUT2D eigenvalue weighted by atomic mass is 10.0. The Labute approximate surface area is 186 Å². The Morgan fingerprint density at radius 3 is 2.63 bits per heavy atom. The van der Waals surface area contributed by atoms with Gasteiger partial charge in [-0.25, -0.2) is 13.3 Å². The van der Waals surface area contributed by atoms with Crippen molar-refractivity contribution in [3.63, 3.8) is 0 Å². The van der Waals surface area contributed by atoms with E-state index in [-0.39, 0.29) is 18.6 Å². The van der Waals surface area contributed by atoms with Gasteiger partial charge in [-0.2, -0.15) is 4.31 Å². The van der Waals surface area contributed by atoms with Gasteiger partial charge in [0.2, 0.25) is 10.0 Å². The van der Waals surface area contributed by atoms with Crippen LogP contribution in [0.25, 0.3) is 0 Å². The zero-order valence-electron chi connectivity index (χ0n) is 16.6. The van der Waals surface area contributed by atoms with Crippen LogP contribution >= 0.6 is 23.2 Å². The van der Waals surface area contributed by atoms with Crippen molar-refractivity contribution in [2.75, 3.05) is 31.1 Å². The van der Waals surface area contributed by atoms with E-state index in [4.69, 9.17) is 28.5 Å². The fourth-order valence-corrected chi connectivity index (χ4v) is 6.27. The largest absolute Gasteiger partial charge is 0.366 e. The van der Waals surface area contributed by atoms with Gasteiger partial charge in [-0.3, -0.25) is 5.26 Å². The van der Waals surface area contributed by atoms with E-state index >= 15 is 0 Å². The molecule has 2 aromatic rings. The van der Waals surface area contributed by atoms with Gasteiger partial charge in [-0.05, 0) is 61.2 Å². The van der Waals surface area contributed by atoms with Crippen molar-refractivity contribution in [3.05, 3.63) is 57.6 Å². The van der Waals surface area contributed by atoms with Crippen LogP contribution in [0.2, 0.25) is 10.0 Å². The number of piperazine rings is 1. The summed E-state index contributed by atoms with van der Waals surface area (Å²) in [5.74, 6) is 0.0191. The summed E-state index contributed by atoms with van der Waals surface area (Å²) in [4.78, 5) is 6.76. The molecular weight excluding hydrogens is 447 g/mol. The molecule has 1 aliphatic heterocycles. The highest BCUT2D eigenvalue weighted by Crippen LogP contribution is 2.36. The molecule has 9 heteroatoms. The minimum Gasteiger partial charge on any atom is -0.366 e. The number of benzene rings is 2. The zero-order chi connectivity index (χ0) is 21.5. The van der Waals surface area contributed by atoms with Crippen molar-refractivity contribution >= 4 is 38.9 Å². The number of aryl methyl sites for hydroxylation is 1. The molecule has 1 saturated heterocycles. The highest BCUT2D eigenvalue weighted by Gasteiger charge is 2.34. The molecule has 1 fully saturated rings. The molecule has 162 valence electrons. The van der Waals surface area contributed by atoms with Gasteiger partial charge in [0, 0.05) is 37.3 Å². The van der Waals surface area contributed by atoms with Crippen LogP contribution in [0.15, 0.2) is 41.3 Å². The molecule has 1 unspecified atom stereocenters. The Kier molecular flexibility index (Phi) is 6.30.